The molecule has 14 heavy (non-hydrogen) atoms. The molecule has 0 bridgehead atoms. The van der Waals surface area contributed by atoms with Gasteiger partial charge >= 0.3 is 0 Å². The summed E-state index contributed by atoms with van der Waals surface area (Å²) in [5.41, 5.74) is 2.67. The fourth-order valence-electron chi connectivity index (χ4n) is 1.77. The number of nitrogens with zero attached hydrogens (tertiary/aromatic N) is 2. The van der Waals surface area contributed by atoms with Crippen molar-refractivity contribution < 1.29 is 0 Å². The minimum atomic E-state index is 1.05. The van der Waals surface area contributed by atoms with E-state index < -0.39 is 0 Å². The highest BCUT2D eigenvalue weighted by atomic mass is 15.1. The Morgan fingerprint density at radius 1 is 1.21 bits per heavy atom. The average Bonchev–Trinajstić information content (AvgIpc) is 2.41. The number of aromatic nitrogens is 1. The van der Waals surface area contributed by atoms with Crippen LogP contribution in [0.1, 0.15) is 11.3 Å². The Bertz CT molecular complexity index is 320. The van der Waals surface area contributed by atoms with Crippen molar-refractivity contribution in [2.24, 2.45) is 0 Å². The third-order valence-electron chi connectivity index (χ3n) is 2.62. The number of anilines is 1. The molecule has 0 aliphatic carbocycles. The van der Waals surface area contributed by atoms with Crippen molar-refractivity contribution in [1.29, 1.82) is 0 Å². The average molecular weight is 191 g/mol. The Kier molecular flexibility index (Phi) is 2.68. The molecule has 0 unspecified atom stereocenters. The highest BCUT2D eigenvalue weighted by Crippen LogP contribution is 2.15. The maximum absolute atomic E-state index is 4.66. The van der Waals surface area contributed by atoms with Gasteiger partial charge in [0.05, 0.1) is 0 Å². The predicted molar refractivity (Wildman–Crippen MR) is 58.8 cm³/mol. The van der Waals surface area contributed by atoms with Crippen LogP contribution < -0.4 is 10.2 Å². The molecule has 0 radical (unpaired) electrons. The summed E-state index contributed by atoms with van der Waals surface area (Å²) in [5.74, 6) is 1.06. The number of hydrogen-bond acceptors (Lipinski definition) is 3. The van der Waals surface area contributed by atoms with Crippen LogP contribution in [0.5, 0.6) is 0 Å². The fraction of sp³-hybridized carbons (Fsp3) is 0.545. The van der Waals surface area contributed by atoms with Gasteiger partial charge in [0.15, 0.2) is 0 Å². The van der Waals surface area contributed by atoms with E-state index >= 15 is 0 Å². The van der Waals surface area contributed by atoms with Crippen LogP contribution in [0.3, 0.4) is 0 Å². The predicted octanol–water partition coefficient (Wildman–Crippen LogP) is 0.836. The largest absolute Gasteiger partial charge is 0.363 e. The van der Waals surface area contributed by atoms with Crippen molar-refractivity contribution >= 4 is 5.82 Å². The van der Waals surface area contributed by atoms with E-state index in [1.54, 1.807) is 0 Å². The van der Waals surface area contributed by atoms with E-state index in [0.29, 0.717) is 0 Å². The Balaban J connectivity index is 2.32. The van der Waals surface area contributed by atoms with Crippen LogP contribution in [-0.4, -0.2) is 32.2 Å². The van der Waals surface area contributed by atoms with Crippen molar-refractivity contribution in [1.82, 2.24) is 10.3 Å². The summed E-state index contributed by atoms with van der Waals surface area (Å²) >= 11 is 0. The summed E-state index contributed by atoms with van der Waals surface area (Å²) < 4.78 is 0. The second kappa shape index (κ2) is 3.96. The molecule has 3 nitrogen and oxygen atoms in total. The number of pyridine rings is 1. The van der Waals surface area contributed by atoms with Crippen molar-refractivity contribution in [3.63, 3.8) is 0 Å². The van der Waals surface area contributed by atoms with E-state index in [4.69, 9.17) is 0 Å². The Morgan fingerprint density at radius 3 is 2.79 bits per heavy atom. The minimum absolute atomic E-state index is 1.05. The molecule has 0 amide bonds. The molecule has 1 aromatic heterocycles. The summed E-state index contributed by atoms with van der Waals surface area (Å²) in [5, 5.41) is 3.39. The molecule has 0 saturated heterocycles. The van der Waals surface area contributed by atoms with E-state index in [9.17, 15) is 0 Å². The molecule has 1 aliphatic rings. The third kappa shape index (κ3) is 1.87. The van der Waals surface area contributed by atoms with E-state index in [1.165, 1.54) is 11.3 Å². The summed E-state index contributed by atoms with van der Waals surface area (Å²) in [4.78, 5) is 6.71. The highest BCUT2D eigenvalue weighted by molar-refractivity contribution is 5.40. The Morgan fingerprint density at radius 2 is 2.00 bits per heavy atom. The highest BCUT2D eigenvalue weighted by Gasteiger charge is 2.09. The van der Waals surface area contributed by atoms with Crippen LogP contribution >= 0.6 is 0 Å². The number of rotatable bonds is 1. The maximum Gasteiger partial charge on any atom is 0.128 e. The minimum Gasteiger partial charge on any atom is -0.363 e. The lowest BCUT2D eigenvalue weighted by molar-refractivity contribution is 0.708. The SMILES string of the molecule is CN(C)c1ccc2c(n1)CCNCC2. The number of nitrogens with one attached hydrogen (secondary N) is 1. The van der Waals surface area contributed by atoms with Gasteiger partial charge in [-0.2, -0.15) is 0 Å². The first-order chi connectivity index (χ1) is 6.77. The Hall–Kier alpha value is -1.09. The van der Waals surface area contributed by atoms with Crippen LogP contribution in [0.15, 0.2) is 12.1 Å². The number of hydrogen-bond donors (Lipinski definition) is 1. The zero-order valence-corrected chi connectivity index (χ0v) is 8.88. The van der Waals surface area contributed by atoms with Crippen LogP contribution in [0.25, 0.3) is 0 Å². The molecular formula is C11H17N3. The summed E-state index contributed by atoms with van der Waals surface area (Å²) in [6, 6.07) is 4.31. The van der Waals surface area contributed by atoms with E-state index in [-0.39, 0.29) is 0 Å². The van der Waals surface area contributed by atoms with Gasteiger partial charge < -0.3 is 10.2 Å². The van der Waals surface area contributed by atoms with Crippen LogP contribution in [0.4, 0.5) is 5.82 Å². The van der Waals surface area contributed by atoms with Crippen molar-refractivity contribution in [3.8, 4) is 0 Å². The van der Waals surface area contributed by atoms with Gasteiger partial charge in [0, 0.05) is 32.8 Å². The van der Waals surface area contributed by atoms with Crippen molar-refractivity contribution in [3.05, 3.63) is 23.4 Å². The zero-order valence-electron chi connectivity index (χ0n) is 8.88. The summed E-state index contributed by atoms with van der Waals surface area (Å²) in [7, 11) is 4.06. The van der Waals surface area contributed by atoms with Crippen LogP contribution in [0.2, 0.25) is 0 Å². The molecule has 1 N–H and O–H groups in total. The van der Waals surface area contributed by atoms with Crippen molar-refractivity contribution in [2.75, 3.05) is 32.1 Å². The maximum atomic E-state index is 4.66. The van der Waals surface area contributed by atoms with E-state index in [1.807, 2.05) is 14.1 Å². The molecular weight excluding hydrogens is 174 g/mol. The second-order valence-corrected chi connectivity index (χ2v) is 3.92. The Labute approximate surface area is 85.1 Å². The van der Waals surface area contributed by atoms with Gasteiger partial charge in [-0.25, -0.2) is 4.98 Å². The second-order valence-electron chi connectivity index (χ2n) is 3.92. The molecule has 0 aromatic carbocycles. The molecule has 1 aromatic rings. The van der Waals surface area contributed by atoms with E-state index in [2.05, 4.69) is 27.3 Å². The van der Waals surface area contributed by atoms with Crippen LogP contribution in [-0.2, 0) is 12.8 Å². The molecule has 0 spiro atoms. The fourth-order valence-corrected chi connectivity index (χ4v) is 1.77. The van der Waals surface area contributed by atoms with Gasteiger partial charge in [-0.1, -0.05) is 6.07 Å². The van der Waals surface area contributed by atoms with Gasteiger partial charge in [0.1, 0.15) is 5.82 Å². The molecule has 2 heterocycles. The van der Waals surface area contributed by atoms with Gasteiger partial charge in [-0.15, -0.1) is 0 Å². The number of fused-ring (bicyclic) bond motifs is 1. The standard InChI is InChI=1S/C11H17N3/c1-14(2)11-4-3-9-5-7-12-8-6-10(9)13-11/h3-4,12H,5-8H2,1-2H3. The normalized spacial score (nSPS) is 15.9. The zero-order chi connectivity index (χ0) is 9.97. The molecule has 1 aliphatic heterocycles. The third-order valence-corrected chi connectivity index (χ3v) is 2.62. The topological polar surface area (TPSA) is 28.2 Å². The summed E-state index contributed by atoms with van der Waals surface area (Å²) in [6.07, 6.45) is 2.16. The van der Waals surface area contributed by atoms with Gasteiger partial charge in [0.2, 0.25) is 0 Å². The lowest BCUT2D eigenvalue weighted by Gasteiger charge is -2.13. The molecule has 76 valence electrons. The molecule has 0 fully saturated rings. The summed E-state index contributed by atoms with van der Waals surface area (Å²) in [6.45, 7) is 2.13. The molecule has 3 heteroatoms. The van der Waals surface area contributed by atoms with Crippen LogP contribution in [0, 0.1) is 0 Å². The lowest BCUT2D eigenvalue weighted by Crippen LogP contribution is -2.16. The first-order valence-corrected chi connectivity index (χ1v) is 5.14. The monoisotopic (exact) mass is 191 g/mol. The van der Waals surface area contributed by atoms with Gasteiger partial charge in [-0.05, 0) is 24.6 Å². The van der Waals surface area contributed by atoms with Gasteiger partial charge in [-0.3, -0.25) is 0 Å². The lowest BCUT2D eigenvalue weighted by atomic mass is 10.1. The molecule has 0 saturated carbocycles. The van der Waals surface area contributed by atoms with E-state index in [0.717, 1.165) is 31.7 Å². The van der Waals surface area contributed by atoms with Crippen molar-refractivity contribution in [2.45, 2.75) is 12.8 Å². The first kappa shape index (κ1) is 9.46. The molecule has 2 rings (SSSR count). The van der Waals surface area contributed by atoms with Gasteiger partial charge in [0.25, 0.3) is 0 Å². The smallest absolute Gasteiger partial charge is 0.128 e. The quantitative estimate of drug-likeness (QED) is 0.713. The first-order valence-electron chi connectivity index (χ1n) is 5.14. The molecule has 0 atom stereocenters.